The molecule has 3 atom stereocenters. The zero-order valence-corrected chi connectivity index (χ0v) is 78.2. The first-order valence-electron chi connectivity index (χ1n) is 47.2. The molecule has 22 aromatic rings. The van der Waals surface area contributed by atoms with Crippen LogP contribution >= 0.6 is 34.8 Å². The highest BCUT2D eigenvalue weighted by atomic mass is 32.2. The lowest BCUT2D eigenvalue weighted by Gasteiger charge is -2.20. The van der Waals surface area contributed by atoms with Crippen molar-refractivity contribution in [2.24, 2.45) is 11.8 Å². The van der Waals surface area contributed by atoms with Crippen LogP contribution in [0, 0.1) is 11.8 Å². The van der Waals surface area contributed by atoms with Crippen LogP contribution in [0.2, 0.25) is 0 Å². The zero-order valence-electron chi connectivity index (χ0n) is 75.7. The number of rotatable bonds is 21. The minimum Gasteiger partial charge on any atom is -0.310 e. The van der Waals surface area contributed by atoms with E-state index in [2.05, 4.69) is 514 Å². The molecule has 0 N–H and O–H groups in total. The smallest absolute Gasteiger partial charge is 0.114 e. The van der Waals surface area contributed by atoms with Gasteiger partial charge in [0.05, 0.1) is 28.3 Å². The third-order valence-corrected chi connectivity index (χ3v) is 30.7. The van der Waals surface area contributed by atoms with E-state index in [0.717, 1.165) is 112 Å². The Balaban J connectivity index is 0.496. The molecule has 1 aliphatic carbocycles. The van der Waals surface area contributed by atoms with Gasteiger partial charge in [0.1, 0.15) is 11.0 Å². The van der Waals surface area contributed by atoms with Crippen molar-refractivity contribution in [2.75, 3.05) is 0 Å². The maximum atomic E-state index is 5.04. The molecule has 0 radical (unpaired) electrons. The first kappa shape index (κ1) is 83.9. The number of nitrogens with zero attached hydrogens (tertiary/aromatic N) is 4. The van der Waals surface area contributed by atoms with Gasteiger partial charge in [0, 0.05) is 64.3 Å². The molecule has 7 heteroatoms. The molecular weight excluding hydrogens is 1710 g/mol. The zero-order chi connectivity index (χ0) is 91.2. The van der Waals surface area contributed by atoms with Crippen LogP contribution in [0.5, 0.6) is 0 Å². The first-order chi connectivity index (χ1) is 67.8. The monoisotopic (exact) mass is 1800 g/mol. The number of thioether (sulfide) groups is 1. The minimum atomic E-state index is 0.202. The van der Waals surface area contributed by atoms with Gasteiger partial charge < -0.3 is 9.13 Å². The van der Waals surface area contributed by atoms with Crippen LogP contribution in [0.1, 0.15) is 108 Å². The third kappa shape index (κ3) is 16.0. The normalized spacial score (nSPS) is 14.5. The van der Waals surface area contributed by atoms with Gasteiger partial charge >= 0.3 is 0 Å². The van der Waals surface area contributed by atoms with Gasteiger partial charge in [-0.3, -0.25) is 0 Å². The number of aromatic nitrogens is 4. The largest absolute Gasteiger partial charge is 0.310 e. The number of hydrogen-bond acceptors (Lipinski definition) is 5. The van der Waals surface area contributed by atoms with Crippen molar-refractivity contribution >= 4 is 123 Å². The number of thiophene rings is 1. The molecule has 137 heavy (non-hydrogen) atoms. The average molecular weight is 1810 g/mol. The summed E-state index contributed by atoms with van der Waals surface area (Å²) in [5.74, 6) is 0.788. The molecule has 0 saturated carbocycles. The van der Waals surface area contributed by atoms with Crippen LogP contribution in [-0.2, 0) is 6.42 Å². The van der Waals surface area contributed by atoms with Crippen LogP contribution in [-0.4, -0.2) is 17.9 Å². The summed E-state index contributed by atoms with van der Waals surface area (Å²) >= 11 is 5.04. The summed E-state index contributed by atoms with van der Waals surface area (Å²) < 4.78 is 14.9. The molecule has 4 nitrogen and oxygen atoms in total. The number of hydrogen-bond donors (Lipinski definition) is 0. The molecule has 5 heterocycles. The van der Waals surface area contributed by atoms with E-state index in [9.17, 15) is 0 Å². The summed E-state index contributed by atoms with van der Waals surface area (Å²) in [5, 5.41) is 3.98. The maximum Gasteiger partial charge on any atom is 0.114 e. The van der Waals surface area contributed by atoms with E-state index < -0.39 is 0 Å². The molecule has 0 amide bonds. The molecule has 4 aromatic heterocycles. The Labute approximate surface area is 811 Å². The average Bonchev–Trinajstić information content (AvgIpc) is 1.58. The van der Waals surface area contributed by atoms with Gasteiger partial charge in [-0.2, -0.15) is 8.75 Å². The second-order valence-electron chi connectivity index (χ2n) is 35.9. The van der Waals surface area contributed by atoms with Crippen molar-refractivity contribution in [3.63, 3.8) is 0 Å². The highest BCUT2D eigenvalue weighted by Gasteiger charge is 2.32. The third-order valence-electron chi connectivity index (χ3n) is 27.4. The van der Waals surface area contributed by atoms with Crippen molar-refractivity contribution in [1.29, 1.82) is 0 Å². The molecule has 650 valence electrons. The van der Waals surface area contributed by atoms with Crippen molar-refractivity contribution in [3.8, 4) is 65.6 Å². The molecule has 1 aliphatic heterocycles. The lowest BCUT2D eigenvalue weighted by atomic mass is 9.84. The Hall–Kier alpha value is -16.1. The van der Waals surface area contributed by atoms with Crippen molar-refractivity contribution < 1.29 is 0 Å². The molecule has 18 aromatic carbocycles. The Morgan fingerprint density at radius 2 is 0.620 bits per heavy atom. The van der Waals surface area contributed by atoms with E-state index in [0.29, 0.717) is 5.92 Å². The molecule has 3 unspecified atom stereocenters. The van der Waals surface area contributed by atoms with Crippen molar-refractivity contribution in [3.05, 3.63) is 574 Å². The number of allylic oxidation sites excluding steroid dienone is 2. The van der Waals surface area contributed by atoms with Gasteiger partial charge in [0.2, 0.25) is 0 Å². The van der Waals surface area contributed by atoms with Crippen LogP contribution in [0.4, 0.5) is 0 Å². The fourth-order valence-electron chi connectivity index (χ4n) is 20.9. The minimum absolute atomic E-state index is 0.202. The fourth-order valence-corrected chi connectivity index (χ4v) is 24.0. The summed E-state index contributed by atoms with van der Waals surface area (Å²) in [6, 6.07) is 174. The van der Waals surface area contributed by atoms with Gasteiger partial charge in [-0.05, 0) is 229 Å². The van der Waals surface area contributed by atoms with Gasteiger partial charge in [0.15, 0.2) is 0 Å². The molecule has 0 spiro atoms. The number of fused-ring (bicyclic) bond motifs is 7. The highest BCUT2D eigenvalue weighted by Crippen LogP contribution is 2.55. The summed E-state index contributed by atoms with van der Waals surface area (Å²) in [5.41, 5.74) is 43.2. The predicted molar refractivity (Wildman–Crippen MR) is 582 cm³/mol. The Bertz CT molecular complexity index is 8360. The van der Waals surface area contributed by atoms with E-state index in [1.54, 1.807) is 11.3 Å². The summed E-state index contributed by atoms with van der Waals surface area (Å²) in [4.78, 5) is 3.62. The van der Waals surface area contributed by atoms with E-state index >= 15 is 0 Å². The van der Waals surface area contributed by atoms with Gasteiger partial charge in [-0.1, -0.05) is 445 Å². The molecule has 24 rings (SSSR count). The van der Waals surface area contributed by atoms with E-state index in [4.69, 9.17) is 8.75 Å². The van der Waals surface area contributed by atoms with Crippen LogP contribution in [0.3, 0.4) is 0 Å². The Morgan fingerprint density at radius 3 is 1.07 bits per heavy atom. The highest BCUT2D eigenvalue weighted by molar-refractivity contribution is 8.08. The Kier molecular flexibility index (Phi) is 22.5. The quantitative estimate of drug-likeness (QED) is 0.0673. The van der Waals surface area contributed by atoms with Crippen LogP contribution in [0.15, 0.2) is 485 Å². The number of benzene rings is 18. The van der Waals surface area contributed by atoms with Crippen LogP contribution < -0.4 is 0 Å². The van der Waals surface area contributed by atoms with E-state index in [1.165, 1.54) is 143 Å². The van der Waals surface area contributed by atoms with Gasteiger partial charge in [-0.15, -0.1) is 23.1 Å². The Morgan fingerprint density at radius 1 is 0.277 bits per heavy atom. The van der Waals surface area contributed by atoms with Crippen LogP contribution in [0.25, 0.3) is 154 Å². The SMILES string of the molecule is CC1C=Cc2c(c3ccccc3n2-c2ccc(-c3ccc(/C(=C(\c4ccccc4)c4ccc(-c5ccc(-n6c7ccccc7c7c(-c8ccc(/C(=C(\c9ccccc9)c9ccc(C%10SC(c%11ccc(-c%12ccc(-c%13ccc(C(=C(c%14ccccc%14)c%14ccccc%14)c%14ccccc%14)cc%13)s%12)c%12nsnc%11%12)=CC%10C)cc9)c9ccccc9)cc8)cccc76)cc5)cc4)c4ccccc4)cc3)cc2)C1. The molecular formula is C130H92N4S3. The van der Waals surface area contributed by atoms with Crippen molar-refractivity contribution in [1.82, 2.24) is 17.9 Å². The van der Waals surface area contributed by atoms with Gasteiger partial charge in [-0.25, -0.2) is 0 Å². The lowest BCUT2D eigenvalue weighted by Crippen LogP contribution is -2.05. The standard InChI is InChI=1S/C130H92N4S3/c1-85-49-80-116-113(83-85)109-43-24-26-46-114(109)133(116)106-74-70-89(71-75-106)87-50-58-100(59-51-87)123(96-35-16-6-17-36-96)124(97-37-18-7-19-38-97)101-60-52-88(53-61-101)90-72-76-107(77-73-90)134-115-47-27-25-44-110(115)127-108(45-28-48-117(127)134)91-54-62-102(63-55-91)125(98-39-20-8-21-40-98)126(99-41-22-9-23-42-99)104-66-68-105(69-67-104)130-86(2)84-120(136-130)112-79-78-111(128-129(112)132-137-131-128)119-82-81-118(135-119)92-56-64-103(65-57-92)122(95-33-14-5-15-34-95)121(93-29-10-3-11-30-93)94-31-12-4-13-32-94/h3-82,84-86,130H,83H2,1-2H3/b124-123+,126-125+. The summed E-state index contributed by atoms with van der Waals surface area (Å²) in [7, 11) is 0. The summed E-state index contributed by atoms with van der Waals surface area (Å²) in [6.45, 7) is 4.66. The van der Waals surface area contributed by atoms with Gasteiger partial charge in [0.25, 0.3) is 0 Å². The number of para-hydroxylation sites is 2. The second kappa shape index (κ2) is 36.7. The summed E-state index contributed by atoms with van der Waals surface area (Å²) in [6.07, 6.45) is 8.18. The predicted octanol–water partition coefficient (Wildman–Crippen LogP) is 34.8. The van der Waals surface area contributed by atoms with E-state index in [-0.39, 0.29) is 11.2 Å². The second-order valence-corrected chi connectivity index (χ2v) is 38.7. The fraction of sp³-hybridized carbons (Fsp3) is 0.0462. The molecule has 2 aliphatic rings. The van der Waals surface area contributed by atoms with E-state index in [1.807, 2.05) is 11.8 Å². The molecule has 0 fully saturated rings. The first-order valence-corrected chi connectivity index (χ1v) is 49.6. The topological polar surface area (TPSA) is 35.6 Å². The molecule has 0 bridgehead atoms. The molecule has 0 saturated heterocycles. The lowest BCUT2D eigenvalue weighted by molar-refractivity contribution is 0.718. The maximum absolute atomic E-state index is 5.04. The van der Waals surface area contributed by atoms with Crippen molar-refractivity contribution in [2.45, 2.75) is 25.5 Å².